The lowest BCUT2D eigenvalue weighted by atomic mass is 10.0. The minimum atomic E-state index is -3.50. The second-order valence-electron chi connectivity index (χ2n) is 5.83. The summed E-state index contributed by atoms with van der Waals surface area (Å²) < 4.78 is 27.4. The van der Waals surface area contributed by atoms with E-state index in [-0.39, 0.29) is 6.54 Å². The van der Waals surface area contributed by atoms with Crippen LogP contribution < -0.4 is 5.73 Å². The van der Waals surface area contributed by atoms with Crippen LogP contribution in [-0.4, -0.2) is 25.8 Å². The van der Waals surface area contributed by atoms with Crippen LogP contribution in [0.4, 0.5) is 0 Å². The monoisotopic (exact) mass is 330 g/mol. The zero-order valence-corrected chi connectivity index (χ0v) is 14.2. The first kappa shape index (κ1) is 16.7. The van der Waals surface area contributed by atoms with Gasteiger partial charge in [0.2, 0.25) is 10.0 Å². The molecule has 1 aliphatic rings. The molecule has 1 heterocycles. The Morgan fingerprint density at radius 3 is 2.71 bits per heavy atom. The highest BCUT2D eigenvalue weighted by Crippen LogP contribution is 2.29. The number of nitrogens with zero attached hydrogens (tertiary/aromatic N) is 1. The van der Waals surface area contributed by atoms with Gasteiger partial charge in [0.1, 0.15) is 0 Å². The molecule has 0 spiro atoms. The summed E-state index contributed by atoms with van der Waals surface area (Å²) in [5.41, 5.74) is 7.18. The van der Waals surface area contributed by atoms with E-state index in [2.05, 4.69) is 6.92 Å². The molecule has 1 aromatic carbocycles. The van der Waals surface area contributed by atoms with Gasteiger partial charge in [0.25, 0.3) is 0 Å². The molecule has 0 amide bonds. The third kappa shape index (κ3) is 3.59. The highest BCUT2D eigenvalue weighted by Gasteiger charge is 2.28. The first-order valence-corrected chi connectivity index (χ1v) is 9.17. The molecule has 1 fully saturated rings. The van der Waals surface area contributed by atoms with Gasteiger partial charge in [0, 0.05) is 24.7 Å². The lowest BCUT2D eigenvalue weighted by Gasteiger charge is -2.22. The molecular weight excluding hydrogens is 308 g/mol. The molecule has 2 rings (SSSR count). The van der Waals surface area contributed by atoms with Crippen molar-refractivity contribution in [3.05, 3.63) is 28.3 Å². The summed E-state index contributed by atoms with van der Waals surface area (Å²) in [7, 11) is -3.50. The van der Waals surface area contributed by atoms with Crippen LogP contribution in [-0.2, 0) is 16.6 Å². The Hall–Kier alpha value is -0.620. The van der Waals surface area contributed by atoms with Gasteiger partial charge in [-0.3, -0.25) is 0 Å². The molecule has 6 heteroatoms. The van der Waals surface area contributed by atoms with E-state index in [0.717, 1.165) is 24.8 Å². The molecule has 1 aromatic rings. The van der Waals surface area contributed by atoms with Crippen LogP contribution in [0.25, 0.3) is 0 Å². The van der Waals surface area contributed by atoms with E-state index >= 15 is 0 Å². The molecule has 1 aliphatic heterocycles. The zero-order valence-electron chi connectivity index (χ0n) is 12.6. The Morgan fingerprint density at radius 1 is 1.33 bits per heavy atom. The molecule has 1 unspecified atom stereocenters. The highest BCUT2D eigenvalue weighted by molar-refractivity contribution is 7.89. The van der Waals surface area contributed by atoms with Crippen molar-refractivity contribution < 1.29 is 8.42 Å². The minimum absolute atomic E-state index is 0.284. The van der Waals surface area contributed by atoms with Gasteiger partial charge in [0.15, 0.2) is 0 Å². The molecule has 0 aromatic heterocycles. The number of nitrogens with two attached hydrogens (primary N) is 1. The van der Waals surface area contributed by atoms with E-state index in [1.807, 2.05) is 0 Å². The van der Waals surface area contributed by atoms with Crippen LogP contribution in [0.3, 0.4) is 0 Å². The van der Waals surface area contributed by atoms with Gasteiger partial charge in [-0.2, -0.15) is 4.31 Å². The molecule has 1 saturated heterocycles. The van der Waals surface area contributed by atoms with Crippen molar-refractivity contribution in [1.82, 2.24) is 4.31 Å². The number of hydrogen-bond donors (Lipinski definition) is 1. The maximum atomic E-state index is 12.9. The first-order chi connectivity index (χ1) is 9.86. The summed E-state index contributed by atoms with van der Waals surface area (Å²) in [6, 6.07) is 3.28. The van der Waals surface area contributed by atoms with Crippen molar-refractivity contribution >= 4 is 21.6 Å². The summed E-state index contributed by atoms with van der Waals surface area (Å²) in [6.07, 6.45) is 2.89. The molecule has 0 aliphatic carbocycles. The van der Waals surface area contributed by atoms with Crippen molar-refractivity contribution in [1.29, 1.82) is 0 Å². The summed E-state index contributed by atoms with van der Waals surface area (Å²) in [6.45, 7) is 5.41. The number of halogens is 1. The Morgan fingerprint density at radius 2 is 2.05 bits per heavy atom. The standard InChI is InChI=1S/C15H23ClN2O2S/c1-11-4-3-6-18(7-5-11)21(19,20)15-9-14(16)8-13(10-17)12(15)2/h8-9,11H,3-7,10,17H2,1-2H3. The van der Waals surface area contributed by atoms with E-state index in [0.29, 0.717) is 34.5 Å². The predicted molar refractivity (Wildman–Crippen MR) is 85.9 cm³/mol. The molecule has 21 heavy (non-hydrogen) atoms. The molecule has 2 N–H and O–H groups in total. The van der Waals surface area contributed by atoms with E-state index in [1.165, 1.54) is 0 Å². The van der Waals surface area contributed by atoms with Crippen LogP contribution in [0.2, 0.25) is 5.02 Å². The second kappa shape index (κ2) is 6.65. The molecular formula is C15H23ClN2O2S. The van der Waals surface area contributed by atoms with Crippen LogP contribution in [0, 0.1) is 12.8 Å². The van der Waals surface area contributed by atoms with Crippen molar-refractivity contribution in [2.45, 2.75) is 44.6 Å². The molecule has 0 radical (unpaired) electrons. The van der Waals surface area contributed by atoms with E-state index in [1.54, 1.807) is 23.4 Å². The Labute approximate surface area is 132 Å². The molecule has 1 atom stereocenters. The number of sulfonamides is 1. The number of hydrogen-bond acceptors (Lipinski definition) is 3. The van der Waals surface area contributed by atoms with E-state index in [9.17, 15) is 8.42 Å². The van der Waals surface area contributed by atoms with Crippen LogP contribution in [0.15, 0.2) is 17.0 Å². The molecule has 118 valence electrons. The Balaban J connectivity index is 2.42. The SMILES string of the molecule is Cc1c(CN)cc(Cl)cc1S(=O)(=O)N1CCCC(C)CC1. The number of benzene rings is 1. The summed E-state index contributed by atoms with van der Waals surface area (Å²) in [4.78, 5) is 0.296. The van der Waals surface area contributed by atoms with Gasteiger partial charge >= 0.3 is 0 Å². The maximum absolute atomic E-state index is 12.9. The second-order valence-corrected chi connectivity index (χ2v) is 8.18. The topological polar surface area (TPSA) is 63.4 Å². The van der Waals surface area contributed by atoms with E-state index < -0.39 is 10.0 Å². The van der Waals surface area contributed by atoms with Gasteiger partial charge in [-0.05, 0) is 55.4 Å². The van der Waals surface area contributed by atoms with Gasteiger partial charge in [-0.25, -0.2) is 8.42 Å². The molecule has 0 saturated carbocycles. The van der Waals surface area contributed by atoms with E-state index in [4.69, 9.17) is 17.3 Å². The van der Waals surface area contributed by atoms with Crippen molar-refractivity contribution in [2.75, 3.05) is 13.1 Å². The average molecular weight is 331 g/mol. The Kier molecular flexibility index (Phi) is 5.30. The lowest BCUT2D eigenvalue weighted by molar-refractivity contribution is 0.416. The molecule has 0 bridgehead atoms. The van der Waals surface area contributed by atoms with Crippen molar-refractivity contribution in [2.24, 2.45) is 11.7 Å². The van der Waals surface area contributed by atoms with Gasteiger partial charge < -0.3 is 5.73 Å². The normalized spacial score (nSPS) is 21.2. The minimum Gasteiger partial charge on any atom is -0.326 e. The number of rotatable bonds is 3. The lowest BCUT2D eigenvalue weighted by Crippen LogP contribution is -2.32. The smallest absolute Gasteiger partial charge is 0.243 e. The largest absolute Gasteiger partial charge is 0.326 e. The van der Waals surface area contributed by atoms with Gasteiger partial charge in [-0.1, -0.05) is 18.5 Å². The zero-order chi connectivity index (χ0) is 15.6. The average Bonchev–Trinajstić information content (AvgIpc) is 2.66. The fourth-order valence-electron chi connectivity index (χ4n) is 2.80. The van der Waals surface area contributed by atoms with Crippen LogP contribution in [0.1, 0.15) is 37.3 Å². The van der Waals surface area contributed by atoms with Gasteiger partial charge in [-0.15, -0.1) is 0 Å². The fourth-order valence-corrected chi connectivity index (χ4v) is 4.90. The summed E-state index contributed by atoms with van der Waals surface area (Å²) in [5.74, 6) is 0.574. The third-order valence-electron chi connectivity index (χ3n) is 4.25. The highest BCUT2D eigenvalue weighted by atomic mass is 35.5. The van der Waals surface area contributed by atoms with Gasteiger partial charge in [0.05, 0.1) is 4.90 Å². The quantitative estimate of drug-likeness (QED) is 0.926. The third-order valence-corrected chi connectivity index (χ3v) is 6.49. The first-order valence-electron chi connectivity index (χ1n) is 7.35. The Bertz CT molecular complexity index is 616. The van der Waals surface area contributed by atoms with Crippen LogP contribution in [0.5, 0.6) is 0 Å². The van der Waals surface area contributed by atoms with Crippen LogP contribution >= 0.6 is 11.6 Å². The maximum Gasteiger partial charge on any atom is 0.243 e. The summed E-state index contributed by atoms with van der Waals surface area (Å²) >= 11 is 6.06. The van der Waals surface area contributed by atoms with Crippen molar-refractivity contribution in [3.63, 3.8) is 0 Å². The van der Waals surface area contributed by atoms with Crippen molar-refractivity contribution in [3.8, 4) is 0 Å². The molecule has 4 nitrogen and oxygen atoms in total. The fraction of sp³-hybridized carbons (Fsp3) is 0.600. The summed E-state index contributed by atoms with van der Waals surface area (Å²) in [5, 5.41) is 0.419. The predicted octanol–water partition coefficient (Wildman–Crippen LogP) is 2.92.